The molecule has 4 rings (SSSR count). The zero-order chi connectivity index (χ0) is 25.9. The van der Waals surface area contributed by atoms with Gasteiger partial charge in [0.1, 0.15) is 0 Å². The summed E-state index contributed by atoms with van der Waals surface area (Å²) >= 11 is 1.78. The maximum Gasteiger partial charge on any atom is 0.162 e. The van der Waals surface area contributed by atoms with Crippen LogP contribution in [0.1, 0.15) is 53.4 Å². The van der Waals surface area contributed by atoms with E-state index in [9.17, 15) is 9.90 Å². The summed E-state index contributed by atoms with van der Waals surface area (Å²) in [6.07, 6.45) is 4.91. The molecular weight excluding hydrogens is 655 g/mol. The SMILES string of the molecule is CCC(CC)C(=O)/C=C(\O)C(CC)CC.[Ir].[c-]1ccccc1-c1ccc2sc(-c3ccccc3)cc2n1. The van der Waals surface area contributed by atoms with Gasteiger partial charge in [-0.1, -0.05) is 64.1 Å². The van der Waals surface area contributed by atoms with Crippen molar-refractivity contribution < 1.29 is 30.0 Å². The fraction of sp³-hybridized carbons (Fsp3) is 0.312. The molecule has 0 saturated heterocycles. The van der Waals surface area contributed by atoms with Crippen molar-refractivity contribution in [3.05, 3.63) is 90.7 Å². The Hall–Kier alpha value is -2.59. The third-order valence-corrected chi connectivity index (χ3v) is 7.64. The summed E-state index contributed by atoms with van der Waals surface area (Å²) in [6.45, 7) is 8.07. The number of rotatable bonds is 9. The molecule has 0 bridgehead atoms. The third-order valence-electron chi connectivity index (χ3n) is 6.50. The fourth-order valence-corrected chi connectivity index (χ4v) is 5.16. The molecule has 2 aromatic heterocycles. The Balaban J connectivity index is 0.000000271. The van der Waals surface area contributed by atoms with Crippen LogP contribution in [-0.4, -0.2) is 15.9 Å². The zero-order valence-corrected chi connectivity index (χ0v) is 25.2. The quantitative estimate of drug-likeness (QED) is 0.108. The molecule has 0 aliphatic carbocycles. The number of aromatic nitrogens is 1. The molecule has 4 aromatic rings. The molecule has 197 valence electrons. The molecule has 0 saturated carbocycles. The number of carbonyl (C=O) groups excluding carboxylic acids is 1. The largest absolute Gasteiger partial charge is 0.512 e. The van der Waals surface area contributed by atoms with Crippen LogP contribution in [0.5, 0.6) is 0 Å². The molecule has 0 unspecified atom stereocenters. The molecule has 0 aliphatic heterocycles. The van der Waals surface area contributed by atoms with Crippen LogP contribution in [0.3, 0.4) is 0 Å². The molecule has 37 heavy (non-hydrogen) atoms. The summed E-state index contributed by atoms with van der Waals surface area (Å²) in [5, 5.41) is 9.76. The number of nitrogens with zero attached hydrogens (tertiary/aromatic N) is 1. The van der Waals surface area contributed by atoms with Gasteiger partial charge in [-0.3, -0.25) is 9.78 Å². The summed E-state index contributed by atoms with van der Waals surface area (Å²) in [7, 11) is 0. The predicted octanol–water partition coefficient (Wildman–Crippen LogP) is 9.30. The summed E-state index contributed by atoms with van der Waals surface area (Å²) in [5.41, 5.74) is 4.30. The van der Waals surface area contributed by atoms with Crippen molar-refractivity contribution in [2.75, 3.05) is 0 Å². The summed E-state index contributed by atoms with van der Waals surface area (Å²) in [5.74, 6) is 0.547. The molecule has 0 fully saturated rings. The summed E-state index contributed by atoms with van der Waals surface area (Å²) < 4.78 is 1.22. The number of aliphatic hydroxyl groups is 1. The number of thiophene rings is 1. The second-order valence-electron chi connectivity index (χ2n) is 8.83. The topological polar surface area (TPSA) is 50.2 Å². The standard InChI is InChI=1S/C19H12NS.C13H24O2.Ir/c1-3-7-14(8-4-1)16-11-12-18-17(20-16)13-19(21-18)15-9-5-2-6-10-15;1-5-10(6-2)12(14)9-13(15)11(7-3)8-4;/h1-7,9-13H;9-11,14H,5-8H2,1-4H3;/q-1;;/b;12-9-;. The Bertz CT molecular complexity index is 1220. The van der Waals surface area contributed by atoms with Gasteiger partial charge in [0.15, 0.2) is 5.78 Å². The van der Waals surface area contributed by atoms with Gasteiger partial charge in [-0.25, -0.2) is 0 Å². The predicted molar refractivity (Wildman–Crippen MR) is 153 cm³/mol. The first-order valence-electron chi connectivity index (χ1n) is 12.9. The number of fused-ring (bicyclic) bond motifs is 1. The van der Waals surface area contributed by atoms with Crippen LogP contribution < -0.4 is 0 Å². The Labute approximate surface area is 239 Å². The van der Waals surface area contributed by atoms with Crippen molar-refractivity contribution in [3.63, 3.8) is 0 Å². The smallest absolute Gasteiger partial charge is 0.162 e. The monoisotopic (exact) mass is 691 g/mol. The molecular formula is C32H36IrNO2S-. The van der Waals surface area contributed by atoms with Gasteiger partial charge in [0, 0.05) is 42.9 Å². The van der Waals surface area contributed by atoms with E-state index in [1.165, 1.54) is 21.2 Å². The second-order valence-corrected chi connectivity index (χ2v) is 9.91. The molecule has 3 nitrogen and oxygen atoms in total. The molecule has 1 N–H and O–H groups in total. The average Bonchev–Trinajstić information content (AvgIpc) is 3.35. The Kier molecular flexibility index (Phi) is 12.9. The first-order chi connectivity index (χ1) is 17.5. The number of hydrogen-bond acceptors (Lipinski definition) is 4. The molecule has 2 heterocycles. The van der Waals surface area contributed by atoms with Crippen LogP contribution in [-0.2, 0) is 24.9 Å². The molecule has 0 spiro atoms. The summed E-state index contributed by atoms with van der Waals surface area (Å²) in [4.78, 5) is 17.7. The van der Waals surface area contributed by atoms with E-state index in [2.05, 4.69) is 48.5 Å². The third kappa shape index (κ3) is 8.46. The molecule has 2 aromatic carbocycles. The van der Waals surface area contributed by atoms with E-state index in [1.54, 1.807) is 11.3 Å². The Morgan fingerprint density at radius 3 is 2.16 bits per heavy atom. The zero-order valence-electron chi connectivity index (χ0n) is 22.0. The van der Waals surface area contributed by atoms with Crippen molar-refractivity contribution in [1.82, 2.24) is 4.98 Å². The minimum atomic E-state index is 0. The first-order valence-corrected chi connectivity index (χ1v) is 13.7. The van der Waals surface area contributed by atoms with Crippen molar-refractivity contribution in [2.45, 2.75) is 53.4 Å². The van der Waals surface area contributed by atoms with E-state index in [0.717, 1.165) is 42.5 Å². The fourth-order valence-electron chi connectivity index (χ4n) is 4.15. The maximum atomic E-state index is 11.7. The van der Waals surface area contributed by atoms with E-state index < -0.39 is 0 Å². The number of ketones is 1. The maximum absolute atomic E-state index is 11.7. The van der Waals surface area contributed by atoms with E-state index in [4.69, 9.17) is 4.98 Å². The number of pyridine rings is 1. The van der Waals surface area contributed by atoms with E-state index in [-0.39, 0.29) is 43.5 Å². The van der Waals surface area contributed by atoms with Crippen molar-refractivity contribution in [1.29, 1.82) is 0 Å². The van der Waals surface area contributed by atoms with Crippen LogP contribution >= 0.6 is 11.3 Å². The van der Waals surface area contributed by atoms with Crippen LogP contribution in [0.4, 0.5) is 0 Å². The van der Waals surface area contributed by atoms with Crippen LogP contribution in [0, 0.1) is 17.9 Å². The minimum Gasteiger partial charge on any atom is -0.512 e. The van der Waals surface area contributed by atoms with Gasteiger partial charge in [0.05, 0.1) is 16.0 Å². The molecule has 1 radical (unpaired) electrons. The average molecular weight is 691 g/mol. The van der Waals surface area contributed by atoms with Crippen molar-refractivity contribution in [2.24, 2.45) is 11.8 Å². The van der Waals surface area contributed by atoms with E-state index in [1.807, 2.05) is 58.0 Å². The Morgan fingerprint density at radius 1 is 0.919 bits per heavy atom. The number of aliphatic hydroxyl groups excluding tert-OH is 1. The number of hydrogen-bond donors (Lipinski definition) is 1. The first kappa shape index (κ1) is 30.6. The van der Waals surface area contributed by atoms with Crippen LogP contribution in [0.2, 0.25) is 0 Å². The van der Waals surface area contributed by atoms with Gasteiger partial charge in [-0.2, -0.15) is 0 Å². The molecule has 0 aliphatic rings. The minimum absolute atomic E-state index is 0. The van der Waals surface area contributed by atoms with E-state index >= 15 is 0 Å². The van der Waals surface area contributed by atoms with Crippen molar-refractivity contribution >= 4 is 27.3 Å². The van der Waals surface area contributed by atoms with Gasteiger partial charge < -0.3 is 5.11 Å². The molecule has 0 atom stereocenters. The number of benzene rings is 2. The van der Waals surface area contributed by atoms with Crippen LogP contribution in [0.15, 0.2) is 84.6 Å². The van der Waals surface area contributed by atoms with Gasteiger partial charge in [-0.15, -0.1) is 47.2 Å². The van der Waals surface area contributed by atoms with Gasteiger partial charge in [0.2, 0.25) is 0 Å². The molecule has 5 heteroatoms. The number of carbonyl (C=O) groups is 1. The van der Waals surface area contributed by atoms with Gasteiger partial charge in [-0.05, 0) is 49.1 Å². The van der Waals surface area contributed by atoms with Crippen LogP contribution in [0.25, 0.3) is 31.9 Å². The normalized spacial score (nSPS) is 11.2. The molecule has 0 amide bonds. The number of allylic oxidation sites excluding steroid dienone is 2. The van der Waals surface area contributed by atoms with E-state index in [0.29, 0.717) is 0 Å². The van der Waals surface area contributed by atoms with Gasteiger partial charge >= 0.3 is 0 Å². The Morgan fingerprint density at radius 2 is 1.57 bits per heavy atom. The second kappa shape index (κ2) is 15.6. The van der Waals surface area contributed by atoms with Crippen molar-refractivity contribution in [3.8, 4) is 21.7 Å². The van der Waals surface area contributed by atoms with Gasteiger partial charge in [0.25, 0.3) is 0 Å². The summed E-state index contributed by atoms with van der Waals surface area (Å²) in [6, 6.07) is 28.0.